The number of rotatable bonds is 2. The number of nitrogens with one attached hydrogen (secondary N) is 1. The Labute approximate surface area is 127 Å². The summed E-state index contributed by atoms with van der Waals surface area (Å²) in [5.41, 5.74) is 1.15. The molecular weight excluding hydrogens is 290 g/mol. The van der Waals surface area contributed by atoms with Crippen LogP contribution in [0, 0.1) is 0 Å². The summed E-state index contributed by atoms with van der Waals surface area (Å²) in [4.78, 5) is 18.2. The Kier molecular flexibility index (Phi) is 5.46. The third-order valence-corrected chi connectivity index (χ3v) is 3.53. The minimum atomic E-state index is -1.82. The van der Waals surface area contributed by atoms with Gasteiger partial charge in [0.2, 0.25) is 6.79 Å². The van der Waals surface area contributed by atoms with Crippen LogP contribution in [0.4, 0.5) is 5.69 Å². The number of carbonyl (C=O) groups is 2. The zero-order chi connectivity index (χ0) is 15.9. The number of benzene rings is 1. The normalized spacial score (nSPS) is 16.4. The van der Waals surface area contributed by atoms with Gasteiger partial charge in [0.1, 0.15) is 0 Å². The molecule has 7 heteroatoms. The SMILES string of the molecule is O=C(O)C(=O)O.c1cc2c(cc1NC1CCCCC1)OCO2. The van der Waals surface area contributed by atoms with Crippen LogP contribution in [0.1, 0.15) is 32.1 Å². The molecular formula is C15H19NO6. The van der Waals surface area contributed by atoms with Crippen molar-refractivity contribution in [2.45, 2.75) is 38.1 Å². The molecule has 0 unspecified atom stereocenters. The number of hydrogen-bond acceptors (Lipinski definition) is 5. The van der Waals surface area contributed by atoms with Crippen molar-refractivity contribution in [2.75, 3.05) is 12.1 Å². The minimum absolute atomic E-state index is 0.349. The zero-order valence-electron chi connectivity index (χ0n) is 12.1. The standard InChI is InChI=1S/C13H17NO2.C2H2O4/c1-2-4-10(5-3-1)14-11-6-7-12-13(8-11)16-9-15-12;3-1(4)2(5)6/h6-8,10,14H,1-5,9H2;(H,3,4)(H,5,6). The Morgan fingerprint density at radius 3 is 2.27 bits per heavy atom. The second-order valence-corrected chi connectivity index (χ2v) is 5.16. The maximum Gasteiger partial charge on any atom is 0.414 e. The van der Waals surface area contributed by atoms with Gasteiger partial charge in [-0.3, -0.25) is 0 Å². The molecule has 22 heavy (non-hydrogen) atoms. The number of hydrogen-bond donors (Lipinski definition) is 3. The Morgan fingerprint density at radius 2 is 1.64 bits per heavy atom. The molecule has 2 aliphatic rings. The highest BCUT2D eigenvalue weighted by molar-refractivity contribution is 6.27. The third kappa shape index (κ3) is 4.54. The van der Waals surface area contributed by atoms with Crippen LogP contribution in [0.3, 0.4) is 0 Å². The van der Waals surface area contributed by atoms with Crippen LogP contribution in [0.5, 0.6) is 11.5 Å². The van der Waals surface area contributed by atoms with Gasteiger partial charge in [0, 0.05) is 17.8 Å². The molecule has 120 valence electrons. The largest absolute Gasteiger partial charge is 0.473 e. The van der Waals surface area contributed by atoms with Crippen molar-refractivity contribution in [3.63, 3.8) is 0 Å². The van der Waals surface area contributed by atoms with Crippen LogP contribution in [-0.2, 0) is 9.59 Å². The van der Waals surface area contributed by atoms with Gasteiger partial charge in [0.25, 0.3) is 0 Å². The van der Waals surface area contributed by atoms with E-state index in [2.05, 4.69) is 11.4 Å². The van der Waals surface area contributed by atoms with E-state index in [1.54, 1.807) is 0 Å². The maximum absolute atomic E-state index is 9.10. The van der Waals surface area contributed by atoms with Crippen LogP contribution >= 0.6 is 0 Å². The molecule has 3 N–H and O–H groups in total. The summed E-state index contributed by atoms with van der Waals surface area (Å²) in [5, 5.41) is 18.4. The Morgan fingerprint density at radius 1 is 1.00 bits per heavy atom. The highest BCUT2D eigenvalue weighted by Crippen LogP contribution is 2.35. The molecule has 0 amide bonds. The van der Waals surface area contributed by atoms with E-state index in [0.29, 0.717) is 12.8 Å². The number of ether oxygens (including phenoxy) is 2. The van der Waals surface area contributed by atoms with Gasteiger partial charge in [-0.05, 0) is 25.0 Å². The molecule has 1 aromatic carbocycles. The topological polar surface area (TPSA) is 105 Å². The summed E-state index contributed by atoms with van der Waals surface area (Å²) in [6.07, 6.45) is 6.66. The minimum Gasteiger partial charge on any atom is -0.473 e. The first-order valence-electron chi connectivity index (χ1n) is 7.18. The van der Waals surface area contributed by atoms with Crippen molar-refractivity contribution in [1.29, 1.82) is 0 Å². The summed E-state index contributed by atoms with van der Waals surface area (Å²) in [6.45, 7) is 0.349. The van der Waals surface area contributed by atoms with Crippen molar-refractivity contribution in [3.05, 3.63) is 18.2 Å². The highest BCUT2D eigenvalue weighted by Gasteiger charge is 2.16. The van der Waals surface area contributed by atoms with Gasteiger partial charge in [-0.1, -0.05) is 19.3 Å². The molecule has 0 radical (unpaired) electrons. The predicted molar refractivity (Wildman–Crippen MR) is 78.3 cm³/mol. The number of carboxylic acids is 2. The molecule has 0 saturated heterocycles. The van der Waals surface area contributed by atoms with Gasteiger partial charge >= 0.3 is 11.9 Å². The van der Waals surface area contributed by atoms with Crippen molar-refractivity contribution in [1.82, 2.24) is 0 Å². The van der Waals surface area contributed by atoms with Gasteiger partial charge in [0.15, 0.2) is 11.5 Å². The molecule has 1 aliphatic carbocycles. The highest BCUT2D eigenvalue weighted by atomic mass is 16.7. The van der Waals surface area contributed by atoms with E-state index in [-0.39, 0.29) is 0 Å². The summed E-state index contributed by atoms with van der Waals surface area (Å²) in [7, 11) is 0. The molecule has 3 rings (SSSR count). The Bertz CT molecular complexity index is 527. The van der Waals surface area contributed by atoms with Crippen LogP contribution in [0.15, 0.2) is 18.2 Å². The van der Waals surface area contributed by atoms with E-state index in [9.17, 15) is 0 Å². The van der Waals surface area contributed by atoms with Crippen molar-refractivity contribution in [2.24, 2.45) is 0 Å². The van der Waals surface area contributed by atoms with Crippen molar-refractivity contribution >= 4 is 17.6 Å². The number of carboxylic acid groups (broad SMARTS) is 2. The van der Waals surface area contributed by atoms with E-state index < -0.39 is 11.9 Å². The summed E-state index contributed by atoms with van der Waals surface area (Å²) < 4.78 is 10.7. The molecule has 0 aromatic heterocycles. The molecule has 0 bridgehead atoms. The fourth-order valence-corrected chi connectivity index (χ4v) is 2.47. The lowest BCUT2D eigenvalue weighted by Gasteiger charge is -2.23. The van der Waals surface area contributed by atoms with E-state index in [0.717, 1.165) is 17.2 Å². The summed E-state index contributed by atoms with van der Waals surface area (Å²) in [5.74, 6) is -1.93. The first kappa shape index (κ1) is 15.9. The van der Waals surface area contributed by atoms with Crippen LogP contribution in [0.25, 0.3) is 0 Å². The number of anilines is 1. The first-order valence-corrected chi connectivity index (χ1v) is 7.18. The van der Waals surface area contributed by atoms with Crippen LogP contribution < -0.4 is 14.8 Å². The van der Waals surface area contributed by atoms with Gasteiger partial charge in [-0.25, -0.2) is 9.59 Å². The zero-order valence-corrected chi connectivity index (χ0v) is 12.1. The average Bonchev–Trinajstić information content (AvgIpc) is 2.96. The maximum atomic E-state index is 9.10. The average molecular weight is 309 g/mol. The molecule has 1 heterocycles. The second kappa shape index (κ2) is 7.53. The third-order valence-electron chi connectivity index (χ3n) is 3.53. The van der Waals surface area contributed by atoms with Crippen LogP contribution in [-0.4, -0.2) is 35.0 Å². The Hall–Kier alpha value is -2.44. The lowest BCUT2D eigenvalue weighted by Crippen LogP contribution is -2.22. The lowest BCUT2D eigenvalue weighted by molar-refractivity contribution is -0.159. The number of aliphatic carboxylic acids is 2. The molecule has 1 fully saturated rings. The fraction of sp³-hybridized carbons (Fsp3) is 0.467. The van der Waals surface area contributed by atoms with Crippen molar-refractivity contribution < 1.29 is 29.3 Å². The van der Waals surface area contributed by atoms with Gasteiger partial charge in [-0.15, -0.1) is 0 Å². The predicted octanol–water partition coefficient (Wildman–Crippen LogP) is 2.32. The molecule has 0 atom stereocenters. The number of fused-ring (bicyclic) bond motifs is 1. The summed E-state index contributed by atoms with van der Waals surface area (Å²) in [6, 6.07) is 6.72. The molecule has 1 saturated carbocycles. The molecule has 1 aromatic rings. The quantitative estimate of drug-likeness (QED) is 0.720. The smallest absolute Gasteiger partial charge is 0.414 e. The van der Waals surface area contributed by atoms with Gasteiger partial charge in [0.05, 0.1) is 0 Å². The lowest BCUT2D eigenvalue weighted by atomic mass is 9.95. The fourth-order valence-electron chi connectivity index (χ4n) is 2.47. The summed E-state index contributed by atoms with van der Waals surface area (Å²) >= 11 is 0. The van der Waals surface area contributed by atoms with Gasteiger partial charge < -0.3 is 25.0 Å². The van der Waals surface area contributed by atoms with E-state index in [4.69, 9.17) is 29.3 Å². The monoisotopic (exact) mass is 309 g/mol. The molecule has 0 spiro atoms. The van der Waals surface area contributed by atoms with Gasteiger partial charge in [-0.2, -0.15) is 0 Å². The van der Waals surface area contributed by atoms with E-state index in [1.165, 1.54) is 32.1 Å². The second-order valence-electron chi connectivity index (χ2n) is 5.16. The van der Waals surface area contributed by atoms with E-state index >= 15 is 0 Å². The van der Waals surface area contributed by atoms with E-state index in [1.807, 2.05) is 12.1 Å². The first-order chi connectivity index (χ1) is 10.6. The Balaban J connectivity index is 0.000000254. The van der Waals surface area contributed by atoms with Crippen LogP contribution in [0.2, 0.25) is 0 Å². The molecule has 7 nitrogen and oxygen atoms in total. The van der Waals surface area contributed by atoms with Crippen molar-refractivity contribution in [3.8, 4) is 11.5 Å². The molecule has 1 aliphatic heterocycles.